The maximum atomic E-state index is 10.3. The highest BCUT2D eigenvalue weighted by Crippen LogP contribution is 2.41. The Kier molecular flexibility index (Phi) is 4.87. The summed E-state index contributed by atoms with van der Waals surface area (Å²) in [5.74, 6) is 0.707. The number of nitrogens with one attached hydrogen (secondary N) is 1. The fourth-order valence-electron chi connectivity index (χ4n) is 3.71. The molecule has 0 spiro atoms. The van der Waals surface area contributed by atoms with Gasteiger partial charge in [-0.1, -0.05) is 23.7 Å². The van der Waals surface area contributed by atoms with E-state index in [1.165, 1.54) is 0 Å². The summed E-state index contributed by atoms with van der Waals surface area (Å²) in [4.78, 5) is 0. The average molecular weight is 388 g/mol. The van der Waals surface area contributed by atoms with Crippen molar-refractivity contribution in [1.82, 2.24) is 5.32 Å². The topological polar surface area (TPSA) is 110 Å². The van der Waals surface area contributed by atoms with E-state index < -0.39 is 41.9 Å². The van der Waals surface area contributed by atoms with Crippen molar-refractivity contribution in [1.29, 1.82) is 0 Å². The van der Waals surface area contributed by atoms with Crippen LogP contribution in [0.2, 0.25) is 0 Å². The Labute approximate surface area is 155 Å². The fraction of sp³-hybridized carbons (Fsp3) is 0.647. The summed E-state index contributed by atoms with van der Waals surface area (Å²) in [5, 5.41) is 32.3. The molecule has 4 rings (SSSR count). The van der Waals surface area contributed by atoms with Crippen molar-refractivity contribution in [3.8, 4) is 5.75 Å². The van der Waals surface area contributed by atoms with E-state index in [1.807, 2.05) is 24.3 Å². The first-order valence-corrected chi connectivity index (χ1v) is 8.86. The summed E-state index contributed by atoms with van der Waals surface area (Å²) in [6.07, 6.45) is -5.89. The Morgan fingerprint density at radius 3 is 2.65 bits per heavy atom. The van der Waals surface area contributed by atoms with Gasteiger partial charge in [0.05, 0.1) is 25.9 Å². The molecule has 26 heavy (non-hydrogen) atoms. The molecule has 144 valence electrons. The lowest BCUT2D eigenvalue weighted by Crippen LogP contribution is -2.48. The summed E-state index contributed by atoms with van der Waals surface area (Å²) >= 11 is 6.35. The van der Waals surface area contributed by atoms with E-state index in [0.717, 1.165) is 5.56 Å². The minimum Gasteiger partial charge on any atom is -0.497 e. The van der Waals surface area contributed by atoms with Crippen molar-refractivity contribution < 1.29 is 34.3 Å². The standard InChI is InChI=1S/C17H22ClNO7/c1-23-9-4-2-8(3-5-9)13-11-14(10(20)6-19-11)25-16-12(21)15(22)17(18,26-16)7-24-13/h2-5,10-16,19-22H,6-7H2,1H3/t10-,11+,12+,13+,14+,15-,16+,17+/m0/s1. The van der Waals surface area contributed by atoms with E-state index in [1.54, 1.807) is 7.11 Å². The number of aliphatic hydroxyl groups excluding tert-OH is 3. The highest BCUT2D eigenvalue weighted by atomic mass is 35.5. The van der Waals surface area contributed by atoms with Gasteiger partial charge in [0, 0.05) is 6.54 Å². The van der Waals surface area contributed by atoms with Gasteiger partial charge in [-0.2, -0.15) is 0 Å². The van der Waals surface area contributed by atoms with Gasteiger partial charge >= 0.3 is 0 Å². The first-order chi connectivity index (χ1) is 12.4. The van der Waals surface area contributed by atoms with Crippen molar-refractivity contribution >= 4 is 11.6 Å². The molecule has 0 saturated carbocycles. The summed E-state index contributed by atoms with van der Waals surface area (Å²) in [6, 6.07) is 6.95. The normalized spacial score (nSPS) is 45.5. The first kappa shape index (κ1) is 18.4. The molecule has 2 bridgehead atoms. The van der Waals surface area contributed by atoms with Gasteiger partial charge in [0.2, 0.25) is 0 Å². The number of hydrogen-bond acceptors (Lipinski definition) is 8. The van der Waals surface area contributed by atoms with Crippen LogP contribution < -0.4 is 10.1 Å². The zero-order valence-corrected chi connectivity index (χ0v) is 14.9. The quantitative estimate of drug-likeness (QED) is 0.503. The Bertz CT molecular complexity index is 647. The van der Waals surface area contributed by atoms with E-state index in [2.05, 4.69) is 5.32 Å². The second-order valence-corrected chi connectivity index (χ2v) is 7.45. The van der Waals surface area contributed by atoms with Crippen LogP contribution >= 0.6 is 11.6 Å². The van der Waals surface area contributed by atoms with Gasteiger partial charge in [-0.15, -0.1) is 0 Å². The number of β-amino-alcohol motifs (C(OH)–C–C–N with tert-alkyl or cyclic N) is 1. The van der Waals surface area contributed by atoms with Crippen molar-refractivity contribution in [3.05, 3.63) is 29.8 Å². The van der Waals surface area contributed by atoms with Crippen LogP contribution in [0.3, 0.4) is 0 Å². The number of fused-ring (bicyclic) bond motifs is 3. The number of aliphatic hydroxyl groups is 3. The molecule has 0 aromatic heterocycles. The third-order valence-electron chi connectivity index (χ3n) is 5.17. The smallest absolute Gasteiger partial charge is 0.196 e. The van der Waals surface area contributed by atoms with Crippen molar-refractivity contribution in [3.63, 3.8) is 0 Å². The number of hydrogen-bond donors (Lipinski definition) is 4. The molecular weight excluding hydrogens is 366 g/mol. The lowest BCUT2D eigenvalue weighted by molar-refractivity contribution is -0.208. The van der Waals surface area contributed by atoms with Gasteiger partial charge in [0.15, 0.2) is 11.4 Å². The fourth-order valence-corrected chi connectivity index (χ4v) is 3.99. The number of ether oxygens (including phenoxy) is 4. The average Bonchev–Trinajstić information content (AvgIpc) is 3.11. The first-order valence-electron chi connectivity index (χ1n) is 8.48. The molecule has 3 fully saturated rings. The minimum atomic E-state index is -1.63. The van der Waals surface area contributed by atoms with Crippen LogP contribution in [-0.4, -0.2) is 77.4 Å². The van der Waals surface area contributed by atoms with Crippen molar-refractivity contribution in [2.75, 3.05) is 20.3 Å². The highest BCUT2D eigenvalue weighted by molar-refractivity contribution is 6.23. The van der Waals surface area contributed by atoms with Crippen LogP contribution in [0.5, 0.6) is 5.75 Å². The third-order valence-corrected chi connectivity index (χ3v) is 5.60. The molecule has 8 atom stereocenters. The van der Waals surface area contributed by atoms with E-state index in [4.69, 9.17) is 30.5 Å². The molecule has 9 heteroatoms. The Hall–Kier alpha value is -0.970. The maximum absolute atomic E-state index is 10.3. The predicted molar refractivity (Wildman–Crippen MR) is 89.8 cm³/mol. The molecule has 0 aliphatic carbocycles. The molecule has 3 aliphatic rings. The monoisotopic (exact) mass is 387 g/mol. The summed E-state index contributed by atoms with van der Waals surface area (Å²) in [7, 11) is 1.59. The van der Waals surface area contributed by atoms with Crippen LogP contribution in [0.15, 0.2) is 24.3 Å². The SMILES string of the molecule is COc1ccc([C@H]2OC[C@@]3(Cl)O[C@@H](O[C@H]4[C@@H]2NC[C@@H]4O)[C@H](O)[C@@H]3O)cc1. The van der Waals surface area contributed by atoms with Crippen LogP contribution in [0.4, 0.5) is 0 Å². The van der Waals surface area contributed by atoms with Crippen molar-refractivity contribution in [2.45, 2.75) is 47.9 Å². The van der Waals surface area contributed by atoms with Gasteiger partial charge in [-0.05, 0) is 17.7 Å². The molecule has 1 aromatic rings. The molecular formula is C17H22ClNO7. The van der Waals surface area contributed by atoms with Crippen LogP contribution in [-0.2, 0) is 14.2 Å². The van der Waals surface area contributed by atoms with Crippen LogP contribution in [0, 0.1) is 0 Å². The molecule has 8 nitrogen and oxygen atoms in total. The van der Waals surface area contributed by atoms with Crippen molar-refractivity contribution in [2.24, 2.45) is 0 Å². The molecule has 3 aliphatic heterocycles. The van der Waals surface area contributed by atoms with E-state index >= 15 is 0 Å². The zero-order chi connectivity index (χ0) is 18.5. The number of methoxy groups -OCH3 is 1. The summed E-state index contributed by atoms with van der Waals surface area (Å²) in [5.41, 5.74) is 0.832. The number of rotatable bonds is 2. The van der Waals surface area contributed by atoms with E-state index in [-0.39, 0.29) is 12.6 Å². The molecule has 3 saturated heterocycles. The van der Waals surface area contributed by atoms with Gasteiger partial charge < -0.3 is 39.6 Å². The summed E-state index contributed by atoms with van der Waals surface area (Å²) in [6.45, 7) is 0.146. The van der Waals surface area contributed by atoms with E-state index in [9.17, 15) is 15.3 Å². The van der Waals surface area contributed by atoms with E-state index in [0.29, 0.717) is 12.3 Å². The van der Waals surface area contributed by atoms with Gasteiger partial charge in [-0.25, -0.2) is 0 Å². The number of alkyl halides is 1. The Morgan fingerprint density at radius 1 is 1.23 bits per heavy atom. The lowest BCUT2D eigenvalue weighted by atomic mass is 9.97. The largest absolute Gasteiger partial charge is 0.497 e. The Morgan fingerprint density at radius 2 is 1.96 bits per heavy atom. The third kappa shape index (κ3) is 3.00. The van der Waals surface area contributed by atoms with Crippen LogP contribution in [0.25, 0.3) is 0 Å². The van der Waals surface area contributed by atoms with Gasteiger partial charge in [0.25, 0.3) is 0 Å². The molecule has 3 heterocycles. The second-order valence-electron chi connectivity index (χ2n) is 6.81. The zero-order valence-electron chi connectivity index (χ0n) is 14.1. The predicted octanol–water partition coefficient (Wildman–Crippen LogP) is -0.502. The lowest BCUT2D eigenvalue weighted by Gasteiger charge is -2.32. The van der Waals surface area contributed by atoms with Crippen LogP contribution in [0.1, 0.15) is 11.7 Å². The van der Waals surface area contributed by atoms with Gasteiger partial charge in [0.1, 0.15) is 30.2 Å². The molecule has 4 N–H and O–H groups in total. The Balaban J connectivity index is 1.67. The number of benzene rings is 1. The minimum absolute atomic E-state index is 0.162. The summed E-state index contributed by atoms with van der Waals surface area (Å²) < 4.78 is 22.5. The molecule has 0 unspecified atom stereocenters. The molecule has 0 amide bonds. The number of halogens is 1. The molecule has 0 radical (unpaired) electrons. The second kappa shape index (κ2) is 6.88. The maximum Gasteiger partial charge on any atom is 0.196 e. The van der Waals surface area contributed by atoms with Gasteiger partial charge in [-0.3, -0.25) is 0 Å². The molecule has 1 aromatic carbocycles. The highest BCUT2D eigenvalue weighted by Gasteiger charge is 2.58.